The number of hydrogen-bond donors (Lipinski definition) is 2. The van der Waals surface area contributed by atoms with Gasteiger partial charge >= 0.3 is 0 Å². The summed E-state index contributed by atoms with van der Waals surface area (Å²) in [5.41, 5.74) is 8.09. The van der Waals surface area contributed by atoms with Crippen LogP contribution in [-0.2, 0) is 4.84 Å². The van der Waals surface area contributed by atoms with Crippen LogP contribution in [0.2, 0.25) is 0 Å². The molecule has 0 unspecified atom stereocenters. The fourth-order valence-electron chi connectivity index (χ4n) is 1.54. The van der Waals surface area contributed by atoms with Gasteiger partial charge in [-0.1, -0.05) is 29.8 Å². The van der Waals surface area contributed by atoms with Gasteiger partial charge < -0.3 is 10.5 Å². The number of nitrogen functional groups attached to an aromatic ring is 1. The van der Waals surface area contributed by atoms with Crippen LogP contribution in [-0.4, -0.2) is 6.79 Å². The Morgan fingerprint density at radius 3 is 2.42 bits per heavy atom. The van der Waals surface area contributed by atoms with Crippen LogP contribution >= 0.6 is 0 Å². The van der Waals surface area contributed by atoms with E-state index in [1.165, 1.54) is 5.56 Å². The zero-order valence-corrected chi connectivity index (χ0v) is 10.7. The number of hydrazine groups is 1. The summed E-state index contributed by atoms with van der Waals surface area (Å²) in [6, 6.07) is 14.8. The zero-order valence-electron chi connectivity index (χ0n) is 10.7. The fourth-order valence-corrected chi connectivity index (χ4v) is 1.54. The Morgan fingerprint density at radius 2 is 1.74 bits per heavy atom. The Balaban J connectivity index is 1.86. The highest BCUT2D eigenvalue weighted by Gasteiger charge is 2.05. The standard InChI is InChI=1S/C14H17N3O2/c1-11-6-8-12(9-7-11)18-10-19-17(16)14-5-3-2-4-13(14)15/h2-9H,10,15-16H2,1H3. The van der Waals surface area contributed by atoms with E-state index in [4.69, 9.17) is 21.2 Å². The van der Waals surface area contributed by atoms with Gasteiger partial charge in [-0.2, -0.15) is 5.17 Å². The quantitative estimate of drug-likeness (QED) is 0.373. The first-order chi connectivity index (χ1) is 9.16. The number of hydrogen-bond acceptors (Lipinski definition) is 5. The Labute approximate surface area is 112 Å². The van der Waals surface area contributed by atoms with E-state index in [0.29, 0.717) is 11.4 Å². The largest absolute Gasteiger partial charge is 0.465 e. The van der Waals surface area contributed by atoms with E-state index >= 15 is 0 Å². The fraction of sp³-hybridized carbons (Fsp3) is 0.143. The lowest BCUT2D eigenvalue weighted by atomic mass is 10.2. The van der Waals surface area contributed by atoms with Crippen molar-refractivity contribution in [1.82, 2.24) is 0 Å². The molecule has 0 spiro atoms. The van der Waals surface area contributed by atoms with Crippen molar-refractivity contribution in [3.63, 3.8) is 0 Å². The monoisotopic (exact) mass is 259 g/mol. The number of rotatable bonds is 5. The van der Waals surface area contributed by atoms with E-state index in [2.05, 4.69) is 0 Å². The number of anilines is 2. The molecule has 2 rings (SSSR count). The molecular weight excluding hydrogens is 242 g/mol. The lowest BCUT2D eigenvalue weighted by Crippen LogP contribution is -2.33. The third kappa shape index (κ3) is 3.61. The first-order valence-electron chi connectivity index (χ1n) is 5.88. The Morgan fingerprint density at radius 1 is 1.05 bits per heavy atom. The van der Waals surface area contributed by atoms with Gasteiger partial charge in [-0.3, -0.25) is 0 Å². The molecule has 0 aliphatic heterocycles. The molecule has 0 aromatic heterocycles. The summed E-state index contributed by atoms with van der Waals surface area (Å²) in [6.45, 7) is 2.02. The van der Waals surface area contributed by atoms with Gasteiger partial charge in [0.2, 0.25) is 6.79 Å². The molecule has 4 N–H and O–H groups in total. The summed E-state index contributed by atoms with van der Waals surface area (Å²) in [5, 5.41) is 1.10. The van der Waals surface area contributed by atoms with Gasteiger partial charge in [-0.05, 0) is 31.2 Å². The molecule has 5 heteroatoms. The van der Waals surface area contributed by atoms with Crippen LogP contribution < -0.4 is 21.5 Å². The normalized spacial score (nSPS) is 10.2. The van der Waals surface area contributed by atoms with Crippen LogP contribution in [0.5, 0.6) is 5.75 Å². The van der Waals surface area contributed by atoms with Crippen molar-refractivity contribution in [2.24, 2.45) is 5.84 Å². The van der Waals surface area contributed by atoms with E-state index in [1.807, 2.05) is 43.3 Å². The first-order valence-corrected chi connectivity index (χ1v) is 5.88. The van der Waals surface area contributed by atoms with Crippen LogP contribution in [0.15, 0.2) is 48.5 Å². The molecule has 0 saturated heterocycles. The number of nitrogens with two attached hydrogens (primary N) is 2. The first kappa shape index (κ1) is 13.2. The minimum absolute atomic E-state index is 0.00783. The summed E-state index contributed by atoms with van der Waals surface area (Å²) in [7, 11) is 0. The molecular formula is C14H17N3O2. The van der Waals surface area contributed by atoms with Crippen LogP contribution in [0.25, 0.3) is 0 Å². The predicted octanol–water partition coefficient (Wildman–Crippen LogP) is 2.23. The highest BCUT2D eigenvalue weighted by Crippen LogP contribution is 2.20. The van der Waals surface area contributed by atoms with Gasteiger partial charge in [0.15, 0.2) is 0 Å². The molecule has 0 heterocycles. The molecule has 2 aromatic rings. The second kappa shape index (κ2) is 6.08. The van der Waals surface area contributed by atoms with Crippen molar-refractivity contribution in [2.45, 2.75) is 6.92 Å². The van der Waals surface area contributed by atoms with E-state index in [1.54, 1.807) is 12.1 Å². The maximum atomic E-state index is 5.78. The summed E-state index contributed by atoms with van der Waals surface area (Å²) in [5.74, 6) is 6.46. The van der Waals surface area contributed by atoms with Crippen molar-refractivity contribution in [2.75, 3.05) is 17.7 Å². The molecule has 19 heavy (non-hydrogen) atoms. The maximum absolute atomic E-state index is 5.78. The summed E-state index contributed by atoms with van der Waals surface area (Å²) >= 11 is 0. The highest BCUT2D eigenvalue weighted by atomic mass is 16.8. The topological polar surface area (TPSA) is 73.7 Å². The zero-order chi connectivity index (χ0) is 13.7. The second-order valence-corrected chi connectivity index (χ2v) is 4.09. The summed E-state index contributed by atoms with van der Waals surface area (Å²) in [4.78, 5) is 5.25. The minimum Gasteiger partial charge on any atom is -0.465 e. The van der Waals surface area contributed by atoms with Gasteiger partial charge in [0.25, 0.3) is 0 Å². The number of nitrogens with zero attached hydrogens (tertiary/aromatic N) is 1. The third-order valence-electron chi connectivity index (χ3n) is 2.61. The highest BCUT2D eigenvalue weighted by molar-refractivity contribution is 5.65. The van der Waals surface area contributed by atoms with Gasteiger partial charge in [0.05, 0.1) is 5.69 Å². The molecule has 0 aliphatic rings. The molecule has 0 aliphatic carbocycles. The van der Waals surface area contributed by atoms with Crippen LogP contribution in [0, 0.1) is 6.92 Å². The number of benzene rings is 2. The number of aryl methyl sites for hydroxylation is 1. The Hall–Kier alpha value is -2.24. The Kier molecular flexibility index (Phi) is 4.22. The van der Waals surface area contributed by atoms with E-state index in [9.17, 15) is 0 Å². The van der Waals surface area contributed by atoms with Crippen molar-refractivity contribution >= 4 is 11.4 Å². The molecule has 5 nitrogen and oxygen atoms in total. The van der Waals surface area contributed by atoms with E-state index in [0.717, 1.165) is 10.9 Å². The van der Waals surface area contributed by atoms with E-state index in [-0.39, 0.29) is 6.79 Å². The van der Waals surface area contributed by atoms with Crippen molar-refractivity contribution in [3.05, 3.63) is 54.1 Å². The van der Waals surface area contributed by atoms with Gasteiger partial charge in [-0.15, -0.1) is 0 Å². The van der Waals surface area contributed by atoms with Crippen molar-refractivity contribution in [1.29, 1.82) is 0 Å². The Bertz CT molecular complexity index is 528. The molecule has 0 saturated carbocycles. The summed E-state index contributed by atoms with van der Waals surface area (Å²) in [6.07, 6.45) is 0. The molecule has 0 bridgehead atoms. The van der Waals surface area contributed by atoms with Gasteiger partial charge in [-0.25, -0.2) is 10.7 Å². The van der Waals surface area contributed by atoms with E-state index < -0.39 is 0 Å². The third-order valence-corrected chi connectivity index (χ3v) is 2.61. The van der Waals surface area contributed by atoms with Gasteiger partial charge in [0.1, 0.15) is 11.4 Å². The minimum atomic E-state index is 0.00783. The lowest BCUT2D eigenvalue weighted by molar-refractivity contribution is -0.000863. The predicted molar refractivity (Wildman–Crippen MR) is 75.3 cm³/mol. The number of ether oxygens (including phenoxy) is 1. The molecule has 0 fully saturated rings. The average Bonchev–Trinajstić information content (AvgIpc) is 2.41. The smallest absolute Gasteiger partial charge is 0.215 e. The van der Waals surface area contributed by atoms with Crippen LogP contribution in [0.1, 0.15) is 5.56 Å². The van der Waals surface area contributed by atoms with Crippen LogP contribution in [0.3, 0.4) is 0 Å². The second-order valence-electron chi connectivity index (χ2n) is 4.09. The molecule has 0 atom stereocenters. The molecule has 100 valence electrons. The average molecular weight is 259 g/mol. The van der Waals surface area contributed by atoms with Crippen LogP contribution in [0.4, 0.5) is 11.4 Å². The molecule has 2 aromatic carbocycles. The number of para-hydroxylation sites is 2. The molecule has 0 radical (unpaired) electrons. The SMILES string of the molecule is Cc1ccc(OCON(N)c2ccccc2N)cc1. The van der Waals surface area contributed by atoms with Gasteiger partial charge in [0, 0.05) is 0 Å². The van der Waals surface area contributed by atoms with Crippen molar-refractivity contribution < 1.29 is 9.57 Å². The maximum Gasteiger partial charge on any atom is 0.215 e. The lowest BCUT2D eigenvalue weighted by Gasteiger charge is -2.19. The molecule has 0 amide bonds. The van der Waals surface area contributed by atoms with Crippen molar-refractivity contribution in [3.8, 4) is 5.75 Å². The summed E-state index contributed by atoms with van der Waals surface area (Å²) < 4.78 is 5.41.